The normalized spacial score (nSPS) is 14.9. The van der Waals surface area contributed by atoms with E-state index < -0.39 is 23.5 Å². The maximum absolute atomic E-state index is 13.9. The van der Waals surface area contributed by atoms with Crippen LogP contribution in [0.1, 0.15) is 45.8 Å². The average Bonchev–Trinajstić information content (AvgIpc) is 3.70. The number of amides is 2. The molecule has 41 heavy (non-hydrogen) atoms. The summed E-state index contributed by atoms with van der Waals surface area (Å²) in [7, 11) is 1.56. The molecule has 0 aliphatic heterocycles. The number of alkyl halides is 3. The van der Waals surface area contributed by atoms with Gasteiger partial charge in [0.1, 0.15) is 11.3 Å². The first kappa shape index (κ1) is 31.2. The van der Waals surface area contributed by atoms with Gasteiger partial charge in [-0.25, -0.2) is 0 Å². The van der Waals surface area contributed by atoms with Gasteiger partial charge in [0.2, 0.25) is 5.91 Å². The number of carbonyl (C=O) groups excluding carboxylic acids is 2. The smallest absolute Gasteiger partial charge is 0.399 e. The predicted molar refractivity (Wildman–Crippen MR) is 158 cm³/mol. The topological polar surface area (TPSA) is 67.4 Å². The van der Waals surface area contributed by atoms with Gasteiger partial charge in [0.25, 0.3) is 5.91 Å². The molecule has 1 unspecified atom stereocenters. The first-order valence-corrected chi connectivity index (χ1v) is 14.2. The molecule has 0 bridgehead atoms. The van der Waals surface area contributed by atoms with Crippen LogP contribution in [-0.4, -0.2) is 30.6 Å². The van der Waals surface area contributed by atoms with Gasteiger partial charge in [-0.3, -0.25) is 9.59 Å². The monoisotopic (exact) mass is 688 g/mol. The molecule has 5 nitrogen and oxygen atoms in total. The number of carbonyl (C=O) groups is 2. The van der Waals surface area contributed by atoms with Gasteiger partial charge in [0, 0.05) is 11.0 Å². The van der Waals surface area contributed by atoms with Crippen molar-refractivity contribution in [2.24, 2.45) is 0 Å². The highest BCUT2D eigenvalue weighted by atomic mass is 79.9. The number of allylic oxidation sites excluding steroid dienone is 1. The molecule has 2 amide bonds. The standard InChI is InChI=1S/C29H23BrCl3F3N2O3/c1-41-19-4-2-3-17(11-19)15-37-27(40)28(9-10-28)38-26(39)20-7-5-16(12-22(20)30)6-8-21(29(34,35)36)18-13-23(31)25(33)24(32)14-18/h2-8,11-14,21H,9-10,15H2,1H3,(H,37,40)(H,38,39). The van der Waals surface area contributed by atoms with Gasteiger partial charge in [0.05, 0.1) is 33.7 Å². The molecule has 1 saturated carbocycles. The lowest BCUT2D eigenvalue weighted by atomic mass is 9.97. The van der Waals surface area contributed by atoms with Crippen LogP contribution in [0.25, 0.3) is 6.08 Å². The van der Waals surface area contributed by atoms with Crippen molar-refractivity contribution in [1.29, 1.82) is 0 Å². The first-order valence-electron chi connectivity index (χ1n) is 12.3. The van der Waals surface area contributed by atoms with Gasteiger partial charge in [-0.1, -0.05) is 65.2 Å². The Bertz CT molecular complexity index is 1490. The molecule has 2 N–H and O–H groups in total. The van der Waals surface area contributed by atoms with Crippen LogP contribution in [0.5, 0.6) is 5.75 Å². The highest BCUT2D eigenvalue weighted by Crippen LogP contribution is 2.41. The molecule has 1 fully saturated rings. The second-order valence-corrected chi connectivity index (χ2v) is 11.5. The lowest BCUT2D eigenvalue weighted by molar-refractivity contribution is -0.139. The van der Waals surface area contributed by atoms with Gasteiger partial charge >= 0.3 is 6.18 Å². The molecule has 0 aromatic heterocycles. The van der Waals surface area contributed by atoms with Gasteiger partial charge in [0.15, 0.2) is 0 Å². The van der Waals surface area contributed by atoms with Gasteiger partial charge < -0.3 is 15.4 Å². The van der Waals surface area contributed by atoms with E-state index in [9.17, 15) is 22.8 Å². The third-order valence-electron chi connectivity index (χ3n) is 6.56. The fourth-order valence-corrected chi connectivity index (χ4v) is 5.33. The first-order chi connectivity index (χ1) is 19.3. The summed E-state index contributed by atoms with van der Waals surface area (Å²) in [5, 5.41) is 5.45. The summed E-state index contributed by atoms with van der Waals surface area (Å²) in [4.78, 5) is 25.9. The van der Waals surface area contributed by atoms with Crippen LogP contribution in [-0.2, 0) is 11.3 Å². The summed E-state index contributed by atoms with van der Waals surface area (Å²) in [5.74, 6) is -2.12. The van der Waals surface area contributed by atoms with E-state index in [1.807, 2.05) is 18.2 Å². The third kappa shape index (κ3) is 7.57. The second kappa shape index (κ2) is 12.7. The highest BCUT2D eigenvalue weighted by molar-refractivity contribution is 9.10. The number of rotatable bonds is 9. The van der Waals surface area contributed by atoms with Gasteiger partial charge in [-0.05, 0) is 81.9 Å². The van der Waals surface area contributed by atoms with Crippen LogP contribution in [0.2, 0.25) is 15.1 Å². The molecule has 4 rings (SSSR count). The molecule has 1 aliphatic rings. The highest BCUT2D eigenvalue weighted by Gasteiger charge is 2.51. The minimum absolute atomic E-state index is 0.0258. The number of benzene rings is 3. The van der Waals surface area contributed by atoms with Crippen molar-refractivity contribution in [1.82, 2.24) is 10.6 Å². The van der Waals surface area contributed by atoms with Crippen molar-refractivity contribution in [3.05, 3.63) is 102 Å². The Kier molecular flexibility index (Phi) is 9.63. The molecule has 3 aromatic carbocycles. The van der Waals surface area contributed by atoms with Crippen molar-refractivity contribution in [2.45, 2.75) is 37.0 Å². The Morgan fingerprint density at radius 3 is 2.34 bits per heavy atom. The summed E-state index contributed by atoms with van der Waals surface area (Å²) in [6.07, 6.45) is -1.39. The largest absolute Gasteiger partial charge is 0.497 e. The predicted octanol–water partition coefficient (Wildman–Crippen LogP) is 8.36. The van der Waals surface area contributed by atoms with E-state index in [0.29, 0.717) is 28.6 Å². The zero-order valence-electron chi connectivity index (χ0n) is 21.4. The van der Waals surface area contributed by atoms with Gasteiger partial charge in [-0.2, -0.15) is 13.2 Å². The number of nitrogens with one attached hydrogen (secondary N) is 2. The molecular weight excluding hydrogens is 668 g/mol. The molecule has 0 spiro atoms. The Balaban J connectivity index is 1.44. The average molecular weight is 691 g/mol. The number of ether oxygens (including phenoxy) is 1. The van der Waals surface area contributed by atoms with E-state index in [-0.39, 0.29) is 38.6 Å². The maximum atomic E-state index is 13.9. The number of hydrogen-bond acceptors (Lipinski definition) is 3. The van der Waals surface area contributed by atoms with Crippen LogP contribution >= 0.6 is 50.7 Å². The lowest BCUT2D eigenvalue weighted by Gasteiger charge is -2.19. The summed E-state index contributed by atoms with van der Waals surface area (Å²) in [6.45, 7) is 0.270. The van der Waals surface area contributed by atoms with Crippen molar-refractivity contribution < 1.29 is 27.5 Å². The quantitative estimate of drug-likeness (QED) is 0.222. The minimum Gasteiger partial charge on any atom is -0.497 e. The number of halogens is 7. The fraction of sp³-hybridized carbons (Fsp3) is 0.241. The summed E-state index contributed by atoms with van der Waals surface area (Å²) in [6, 6.07) is 14.0. The zero-order valence-corrected chi connectivity index (χ0v) is 25.3. The van der Waals surface area contributed by atoms with Crippen molar-refractivity contribution >= 4 is 68.6 Å². The van der Waals surface area contributed by atoms with Crippen molar-refractivity contribution in [3.8, 4) is 5.75 Å². The molecule has 12 heteroatoms. The molecule has 0 saturated heterocycles. The van der Waals surface area contributed by atoms with E-state index in [1.54, 1.807) is 13.2 Å². The SMILES string of the molecule is COc1cccc(CNC(=O)C2(NC(=O)c3ccc(C=CC(c4cc(Cl)c(Cl)c(Cl)c4)C(F)(F)F)cc3Br)CC2)c1. The number of hydrogen-bond donors (Lipinski definition) is 2. The summed E-state index contributed by atoms with van der Waals surface area (Å²) < 4.78 is 47.1. The lowest BCUT2D eigenvalue weighted by Crippen LogP contribution is -2.48. The maximum Gasteiger partial charge on any atom is 0.399 e. The minimum atomic E-state index is -4.63. The van der Waals surface area contributed by atoms with Crippen LogP contribution < -0.4 is 15.4 Å². The van der Waals surface area contributed by atoms with Crippen molar-refractivity contribution in [3.63, 3.8) is 0 Å². The zero-order chi connectivity index (χ0) is 29.9. The van der Waals surface area contributed by atoms with E-state index in [2.05, 4.69) is 26.6 Å². The molecule has 0 radical (unpaired) electrons. The summed E-state index contributed by atoms with van der Waals surface area (Å²) >= 11 is 21.1. The Morgan fingerprint density at radius 1 is 1.07 bits per heavy atom. The fourth-order valence-electron chi connectivity index (χ4n) is 4.14. The van der Waals surface area contributed by atoms with Crippen molar-refractivity contribution in [2.75, 3.05) is 7.11 Å². The molecular formula is C29H23BrCl3F3N2O3. The Morgan fingerprint density at radius 2 is 1.76 bits per heavy atom. The molecule has 0 heterocycles. The van der Waals surface area contributed by atoms with Crippen LogP contribution in [0.4, 0.5) is 13.2 Å². The van der Waals surface area contributed by atoms with E-state index >= 15 is 0 Å². The third-order valence-corrected chi connectivity index (χ3v) is 8.41. The molecule has 1 atom stereocenters. The van der Waals surface area contributed by atoms with Crippen LogP contribution in [0, 0.1) is 0 Å². The molecule has 1 aliphatic carbocycles. The summed E-state index contributed by atoms with van der Waals surface area (Å²) in [5.41, 5.74) is 0.308. The van der Waals surface area contributed by atoms with Crippen LogP contribution in [0.15, 0.2) is 65.1 Å². The number of methoxy groups -OCH3 is 1. The van der Waals surface area contributed by atoms with E-state index in [1.165, 1.54) is 24.3 Å². The second-order valence-electron chi connectivity index (χ2n) is 9.49. The molecule has 3 aromatic rings. The van der Waals surface area contributed by atoms with E-state index in [0.717, 1.165) is 23.8 Å². The van der Waals surface area contributed by atoms with Crippen LogP contribution in [0.3, 0.4) is 0 Å². The van der Waals surface area contributed by atoms with E-state index in [4.69, 9.17) is 39.5 Å². The molecule has 216 valence electrons. The van der Waals surface area contributed by atoms with Gasteiger partial charge in [-0.15, -0.1) is 0 Å². The Labute approximate surface area is 258 Å². The Hall–Kier alpha value is -2.72.